The molecule has 0 amide bonds. The van der Waals surface area contributed by atoms with E-state index in [4.69, 9.17) is 9.26 Å². The molecule has 1 fully saturated rings. The molecule has 0 bridgehead atoms. The first kappa shape index (κ1) is 22.9. The fourth-order valence-corrected chi connectivity index (χ4v) is 5.66. The predicted molar refractivity (Wildman–Crippen MR) is 119 cm³/mol. The summed E-state index contributed by atoms with van der Waals surface area (Å²) in [6, 6.07) is 12.0. The Kier molecular flexibility index (Phi) is 6.70. The van der Waals surface area contributed by atoms with Gasteiger partial charge in [-0.05, 0) is 43.2 Å². The van der Waals surface area contributed by atoms with Gasteiger partial charge in [-0.15, -0.1) is 0 Å². The average Bonchev–Trinajstić information content (AvgIpc) is 3.32. The molecule has 1 saturated carbocycles. The van der Waals surface area contributed by atoms with E-state index in [0.29, 0.717) is 30.0 Å². The van der Waals surface area contributed by atoms with Crippen LogP contribution < -0.4 is 4.74 Å². The van der Waals surface area contributed by atoms with E-state index in [9.17, 15) is 18.5 Å². The fourth-order valence-electron chi connectivity index (χ4n) is 3.98. The van der Waals surface area contributed by atoms with Crippen molar-refractivity contribution in [1.29, 1.82) is 0 Å². The second-order valence-corrected chi connectivity index (χ2v) is 9.73. The van der Waals surface area contributed by atoms with E-state index in [1.165, 1.54) is 22.5 Å². The number of ether oxygens (including phenoxy) is 1. The van der Waals surface area contributed by atoms with Crippen molar-refractivity contribution in [2.45, 2.75) is 49.6 Å². The van der Waals surface area contributed by atoms with Gasteiger partial charge in [0.1, 0.15) is 5.75 Å². The molecule has 0 N–H and O–H groups in total. The molecule has 0 aliphatic heterocycles. The number of nitro benzene ring substituents is 1. The highest BCUT2D eigenvalue weighted by Crippen LogP contribution is 2.31. The maximum atomic E-state index is 13.6. The Balaban J connectivity index is 1.65. The Labute approximate surface area is 191 Å². The summed E-state index contributed by atoms with van der Waals surface area (Å²) in [4.78, 5) is 14.8. The van der Waals surface area contributed by atoms with Crippen molar-refractivity contribution in [2.24, 2.45) is 0 Å². The number of hydrogen-bond acceptors (Lipinski definition) is 8. The van der Waals surface area contributed by atoms with Crippen LogP contribution in [0.4, 0.5) is 5.69 Å². The number of hydrogen-bond donors (Lipinski definition) is 0. The molecular weight excluding hydrogens is 448 g/mol. The van der Waals surface area contributed by atoms with Crippen LogP contribution in [-0.4, -0.2) is 40.9 Å². The van der Waals surface area contributed by atoms with Gasteiger partial charge in [-0.3, -0.25) is 10.1 Å². The summed E-state index contributed by atoms with van der Waals surface area (Å²) < 4.78 is 39.0. The van der Waals surface area contributed by atoms with Gasteiger partial charge in [0.2, 0.25) is 21.7 Å². The van der Waals surface area contributed by atoms with E-state index in [-0.39, 0.29) is 29.1 Å². The molecule has 33 heavy (non-hydrogen) atoms. The molecule has 1 aliphatic carbocycles. The normalized spacial score (nSPS) is 15.0. The summed E-state index contributed by atoms with van der Waals surface area (Å²) in [5, 5.41) is 15.2. The first-order valence-electron chi connectivity index (χ1n) is 10.6. The highest BCUT2D eigenvalue weighted by atomic mass is 32.2. The number of aromatic nitrogens is 2. The lowest BCUT2D eigenvalue weighted by molar-refractivity contribution is -0.385. The van der Waals surface area contributed by atoms with Crippen LogP contribution in [-0.2, 0) is 16.6 Å². The Morgan fingerprint density at radius 3 is 2.55 bits per heavy atom. The van der Waals surface area contributed by atoms with Gasteiger partial charge >= 0.3 is 0 Å². The number of benzene rings is 2. The molecule has 1 heterocycles. The predicted octanol–water partition coefficient (Wildman–Crippen LogP) is 4.18. The molecule has 1 aromatic heterocycles. The average molecular weight is 473 g/mol. The van der Waals surface area contributed by atoms with E-state index in [2.05, 4.69) is 10.1 Å². The molecule has 0 saturated heterocycles. The zero-order valence-corrected chi connectivity index (χ0v) is 18.9. The maximum absolute atomic E-state index is 13.6. The van der Waals surface area contributed by atoms with Crippen LogP contribution >= 0.6 is 0 Å². The van der Waals surface area contributed by atoms with Gasteiger partial charge in [0.05, 0.1) is 23.5 Å². The minimum absolute atomic E-state index is 0.112. The van der Waals surface area contributed by atoms with E-state index in [0.717, 1.165) is 25.3 Å². The van der Waals surface area contributed by atoms with Gasteiger partial charge in [-0.1, -0.05) is 30.5 Å². The first-order valence-corrected chi connectivity index (χ1v) is 12.1. The van der Waals surface area contributed by atoms with Crippen LogP contribution in [0.25, 0.3) is 11.4 Å². The summed E-state index contributed by atoms with van der Waals surface area (Å²) >= 11 is 0. The quantitative estimate of drug-likeness (QED) is 0.353. The molecule has 11 heteroatoms. The van der Waals surface area contributed by atoms with Crippen molar-refractivity contribution < 1.29 is 22.6 Å². The first-order chi connectivity index (χ1) is 15.9. The van der Waals surface area contributed by atoms with E-state index >= 15 is 0 Å². The second-order valence-electron chi connectivity index (χ2n) is 7.84. The Morgan fingerprint density at radius 2 is 1.88 bits per heavy atom. The lowest BCUT2D eigenvalue weighted by atomic mass is 9.95. The molecule has 0 spiro atoms. The Morgan fingerprint density at radius 1 is 1.15 bits per heavy atom. The minimum atomic E-state index is -4.03. The summed E-state index contributed by atoms with van der Waals surface area (Å²) in [6.45, 7) is -0.112. The van der Waals surface area contributed by atoms with Gasteiger partial charge in [0.25, 0.3) is 5.69 Å². The number of sulfonamides is 1. The van der Waals surface area contributed by atoms with Crippen LogP contribution in [0.3, 0.4) is 0 Å². The standard InChI is InChI=1S/C22H24N4O6S/c1-31-19-12-10-16(11-13-19)22-23-21(32-24-22)15-25(17-6-3-2-4-7-17)33(29,30)20-9-5-8-18(14-20)26(27)28/h5,8-14,17H,2-4,6-7,15H2,1H3. The van der Waals surface area contributed by atoms with Crippen molar-refractivity contribution in [3.05, 3.63) is 64.5 Å². The molecule has 0 atom stereocenters. The SMILES string of the molecule is COc1ccc(-c2noc(CN(C3CCCCC3)S(=O)(=O)c3cccc([N+](=O)[O-])c3)n2)cc1. The van der Waals surface area contributed by atoms with Crippen LogP contribution in [0.5, 0.6) is 5.75 Å². The Bertz CT molecular complexity index is 1220. The third-order valence-corrected chi connectivity index (χ3v) is 7.62. The number of rotatable bonds is 8. The third-order valence-electron chi connectivity index (χ3n) is 5.72. The smallest absolute Gasteiger partial charge is 0.270 e. The molecule has 174 valence electrons. The van der Waals surface area contributed by atoms with Gasteiger partial charge in [0.15, 0.2) is 0 Å². The van der Waals surface area contributed by atoms with Crippen molar-refractivity contribution in [3.63, 3.8) is 0 Å². The van der Waals surface area contributed by atoms with Crippen molar-refractivity contribution in [3.8, 4) is 17.1 Å². The van der Waals surface area contributed by atoms with Crippen molar-refractivity contribution in [2.75, 3.05) is 7.11 Å². The second kappa shape index (κ2) is 9.67. The van der Waals surface area contributed by atoms with Crippen LogP contribution in [0.1, 0.15) is 38.0 Å². The maximum Gasteiger partial charge on any atom is 0.270 e. The van der Waals surface area contributed by atoms with E-state index in [1.807, 2.05) is 0 Å². The molecule has 3 aromatic rings. The lowest BCUT2D eigenvalue weighted by Gasteiger charge is -2.32. The van der Waals surface area contributed by atoms with Crippen LogP contribution in [0, 0.1) is 10.1 Å². The molecule has 1 aliphatic rings. The fraction of sp³-hybridized carbons (Fsp3) is 0.364. The van der Waals surface area contributed by atoms with E-state index < -0.39 is 14.9 Å². The zero-order valence-electron chi connectivity index (χ0n) is 18.1. The van der Waals surface area contributed by atoms with Crippen LogP contribution in [0.2, 0.25) is 0 Å². The highest BCUT2D eigenvalue weighted by Gasteiger charge is 2.34. The summed E-state index contributed by atoms with van der Waals surface area (Å²) in [5.41, 5.74) is 0.427. The summed E-state index contributed by atoms with van der Waals surface area (Å²) in [6.07, 6.45) is 4.27. The molecular formula is C22H24N4O6S. The topological polar surface area (TPSA) is 129 Å². The van der Waals surface area contributed by atoms with Crippen molar-refractivity contribution in [1.82, 2.24) is 14.4 Å². The van der Waals surface area contributed by atoms with Gasteiger partial charge in [-0.2, -0.15) is 9.29 Å². The Hall–Kier alpha value is -3.31. The summed E-state index contributed by atoms with van der Waals surface area (Å²) in [5.74, 6) is 1.18. The molecule has 4 rings (SSSR count). The largest absolute Gasteiger partial charge is 0.497 e. The lowest BCUT2D eigenvalue weighted by Crippen LogP contribution is -2.41. The molecule has 0 unspecified atom stereocenters. The molecule has 0 radical (unpaired) electrons. The molecule has 10 nitrogen and oxygen atoms in total. The number of methoxy groups -OCH3 is 1. The highest BCUT2D eigenvalue weighted by molar-refractivity contribution is 7.89. The van der Waals surface area contributed by atoms with Gasteiger partial charge < -0.3 is 9.26 Å². The van der Waals surface area contributed by atoms with E-state index in [1.54, 1.807) is 31.4 Å². The molecule has 2 aromatic carbocycles. The number of nitrogens with zero attached hydrogens (tertiary/aromatic N) is 4. The van der Waals surface area contributed by atoms with Crippen molar-refractivity contribution >= 4 is 15.7 Å². The minimum Gasteiger partial charge on any atom is -0.497 e. The number of non-ortho nitro benzene ring substituents is 1. The van der Waals surface area contributed by atoms with Crippen LogP contribution in [0.15, 0.2) is 57.9 Å². The third kappa shape index (κ3) is 5.04. The zero-order chi connectivity index (χ0) is 23.4. The summed E-state index contributed by atoms with van der Waals surface area (Å²) in [7, 11) is -2.46. The number of nitro groups is 1. The van der Waals surface area contributed by atoms with Gasteiger partial charge in [-0.25, -0.2) is 8.42 Å². The monoisotopic (exact) mass is 472 g/mol. The van der Waals surface area contributed by atoms with Gasteiger partial charge in [0, 0.05) is 23.7 Å².